The molecule has 0 aliphatic heterocycles. The number of ether oxygens (including phenoxy) is 1. The molecule has 0 saturated heterocycles. The van der Waals surface area contributed by atoms with Crippen molar-refractivity contribution in [3.8, 4) is 0 Å². The van der Waals surface area contributed by atoms with Crippen LogP contribution in [-0.2, 0) is 19.1 Å². The molecule has 0 aromatic rings. The lowest BCUT2D eigenvalue weighted by Gasteiger charge is -2.22. The lowest BCUT2D eigenvalue weighted by Crippen LogP contribution is -2.49. The van der Waals surface area contributed by atoms with Crippen molar-refractivity contribution in [1.29, 1.82) is 0 Å². The molecule has 7 nitrogen and oxygen atoms in total. The van der Waals surface area contributed by atoms with Crippen LogP contribution in [0.5, 0.6) is 0 Å². The molecule has 0 radical (unpaired) electrons. The Morgan fingerprint density at radius 1 is 1.10 bits per heavy atom. The SMILES string of the molecule is CC(C)(C)NCC(=O)N[C@@H](CC(=O)OC(C)(C)C)C(=O)O. The molecule has 7 heteroatoms. The zero-order valence-corrected chi connectivity index (χ0v) is 13.6. The normalized spacial score (nSPS) is 13.4. The molecule has 0 saturated carbocycles. The van der Waals surface area contributed by atoms with Crippen molar-refractivity contribution >= 4 is 17.8 Å². The van der Waals surface area contributed by atoms with Gasteiger partial charge in [-0.15, -0.1) is 0 Å². The van der Waals surface area contributed by atoms with Gasteiger partial charge in [0.25, 0.3) is 0 Å². The van der Waals surface area contributed by atoms with E-state index in [1.54, 1.807) is 20.8 Å². The largest absolute Gasteiger partial charge is 0.480 e. The Hall–Kier alpha value is -1.63. The molecule has 0 heterocycles. The zero-order chi connectivity index (χ0) is 16.8. The summed E-state index contributed by atoms with van der Waals surface area (Å²) in [5.41, 5.74) is -0.959. The van der Waals surface area contributed by atoms with Crippen LogP contribution in [-0.4, -0.2) is 46.7 Å². The van der Waals surface area contributed by atoms with Crippen molar-refractivity contribution < 1.29 is 24.2 Å². The first-order valence-corrected chi connectivity index (χ1v) is 6.79. The second kappa shape index (κ2) is 7.40. The number of carbonyl (C=O) groups is 3. The number of esters is 1. The summed E-state index contributed by atoms with van der Waals surface area (Å²) in [6, 6.07) is -1.30. The summed E-state index contributed by atoms with van der Waals surface area (Å²) < 4.78 is 5.04. The number of carboxylic acid groups (broad SMARTS) is 1. The molecule has 0 rings (SSSR count). The summed E-state index contributed by atoms with van der Waals surface area (Å²) in [4.78, 5) is 34.4. The Bertz CT molecular complexity index is 393. The van der Waals surface area contributed by atoms with Crippen molar-refractivity contribution in [2.75, 3.05) is 6.54 Å². The molecule has 0 fully saturated rings. The molecule has 1 amide bonds. The molecule has 0 bridgehead atoms. The number of amides is 1. The predicted molar refractivity (Wildman–Crippen MR) is 77.8 cm³/mol. The molecule has 122 valence electrons. The van der Waals surface area contributed by atoms with E-state index in [0.29, 0.717) is 0 Å². The van der Waals surface area contributed by atoms with Crippen LogP contribution >= 0.6 is 0 Å². The minimum Gasteiger partial charge on any atom is -0.480 e. The van der Waals surface area contributed by atoms with Gasteiger partial charge in [-0.05, 0) is 41.5 Å². The first-order chi connectivity index (χ1) is 9.30. The Morgan fingerprint density at radius 3 is 2.00 bits per heavy atom. The molecule has 0 aromatic heterocycles. The summed E-state index contributed by atoms with van der Waals surface area (Å²) in [6.45, 7) is 10.7. The summed E-state index contributed by atoms with van der Waals surface area (Å²) in [5, 5.41) is 14.3. The Balaban J connectivity index is 4.47. The summed E-state index contributed by atoms with van der Waals surface area (Å²) in [5.74, 6) is -2.43. The van der Waals surface area contributed by atoms with Gasteiger partial charge < -0.3 is 20.5 Å². The van der Waals surface area contributed by atoms with E-state index >= 15 is 0 Å². The van der Waals surface area contributed by atoms with Gasteiger partial charge in [0, 0.05) is 5.54 Å². The minimum absolute atomic E-state index is 0.0262. The number of rotatable bonds is 6. The van der Waals surface area contributed by atoms with Gasteiger partial charge in [-0.2, -0.15) is 0 Å². The molecule has 1 atom stereocenters. The quantitative estimate of drug-likeness (QED) is 0.623. The fourth-order valence-electron chi connectivity index (χ4n) is 1.34. The van der Waals surface area contributed by atoms with Gasteiger partial charge in [0.1, 0.15) is 11.6 Å². The first kappa shape index (κ1) is 19.4. The highest BCUT2D eigenvalue weighted by molar-refractivity contribution is 5.88. The van der Waals surface area contributed by atoms with E-state index in [-0.39, 0.29) is 12.1 Å². The lowest BCUT2D eigenvalue weighted by molar-refractivity contribution is -0.158. The lowest BCUT2D eigenvalue weighted by atomic mass is 10.1. The van der Waals surface area contributed by atoms with Crippen LogP contribution < -0.4 is 10.6 Å². The Kier molecular flexibility index (Phi) is 6.82. The van der Waals surface area contributed by atoms with E-state index in [0.717, 1.165) is 0 Å². The van der Waals surface area contributed by atoms with Gasteiger partial charge in [0.2, 0.25) is 5.91 Å². The van der Waals surface area contributed by atoms with Crippen molar-refractivity contribution in [2.45, 2.75) is 65.1 Å². The maximum Gasteiger partial charge on any atom is 0.326 e. The highest BCUT2D eigenvalue weighted by Gasteiger charge is 2.26. The zero-order valence-electron chi connectivity index (χ0n) is 13.6. The summed E-state index contributed by atoms with van der Waals surface area (Å²) in [7, 11) is 0. The maximum absolute atomic E-state index is 11.7. The minimum atomic E-state index is -1.30. The van der Waals surface area contributed by atoms with E-state index in [1.165, 1.54) is 0 Å². The molecule has 21 heavy (non-hydrogen) atoms. The fourth-order valence-corrected chi connectivity index (χ4v) is 1.34. The molecule has 0 unspecified atom stereocenters. The van der Waals surface area contributed by atoms with Crippen LogP contribution in [0.25, 0.3) is 0 Å². The van der Waals surface area contributed by atoms with Gasteiger partial charge in [0.15, 0.2) is 0 Å². The molecular weight excluding hydrogens is 276 g/mol. The molecule has 0 spiro atoms. The highest BCUT2D eigenvalue weighted by Crippen LogP contribution is 2.09. The number of aliphatic carboxylic acids is 1. The molecule has 0 aromatic carbocycles. The number of carboxylic acids is 1. The highest BCUT2D eigenvalue weighted by atomic mass is 16.6. The van der Waals surface area contributed by atoms with Crippen LogP contribution in [0.1, 0.15) is 48.0 Å². The van der Waals surface area contributed by atoms with E-state index in [4.69, 9.17) is 9.84 Å². The molecular formula is C14H26N2O5. The average molecular weight is 302 g/mol. The molecule has 3 N–H and O–H groups in total. The molecule has 0 aliphatic carbocycles. The van der Waals surface area contributed by atoms with E-state index in [2.05, 4.69) is 10.6 Å². The van der Waals surface area contributed by atoms with E-state index < -0.39 is 35.9 Å². The topological polar surface area (TPSA) is 105 Å². The van der Waals surface area contributed by atoms with Crippen LogP contribution in [0.4, 0.5) is 0 Å². The van der Waals surface area contributed by atoms with Crippen LogP contribution in [0.3, 0.4) is 0 Å². The average Bonchev–Trinajstić information content (AvgIpc) is 2.21. The van der Waals surface area contributed by atoms with Gasteiger partial charge in [-0.1, -0.05) is 0 Å². The summed E-state index contributed by atoms with van der Waals surface area (Å²) in [6.07, 6.45) is -0.409. The first-order valence-electron chi connectivity index (χ1n) is 6.79. The second-order valence-electron chi connectivity index (χ2n) is 6.85. The number of carbonyl (C=O) groups excluding carboxylic acids is 2. The van der Waals surface area contributed by atoms with Gasteiger partial charge in [-0.25, -0.2) is 4.79 Å². The van der Waals surface area contributed by atoms with Gasteiger partial charge in [0.05, 0.1) is 13.0 Å². The van der Waals surface area contributed by atoms with Gasteiger partial charge >= 0.3 is 11.9 Å². The van der Waals surface area contributed by atoms with Gasteiger partial charge in [-0.3, -0.25) is 9.59 Å². The van der Waals surface area contributed by atoms with Crippen molar-refractivity contribution in [2.24, 2.45) is 0 Å². The van der Waals surface area contributed by atoms with E-state index in [1.807, 2.05) is 20.8 Å². The van der Waals surface area contributed by atoms with Crippen LogP contribution in [0.2, 0.25) is 0 Å². The second-order valence-corrected chi connectivity index (χ2v) is 6.85. The van der Waals surface area contributed by atoms with E-state index in [9.17, 15) is 14.4 Å². The predicted octanol–water partition coefficient (Wildman–Crippen LogP) is 0.676. The number of nitrogens with one attached hydrogen (secondary N) is 2. The standard InChI is InChI=1S/C14H26N2O5/c1-13(2,3)15-8-10(17)16-9(12(19)20)7-11(18)21-14(4,5)6/h9,15H,7-8H2,1-6H3,(H,16,17)(H,19,20)/t9-/m0/s1. The molecule has 0 aliphatic rings. The van der Waals surface area contributed by atoms with Crippen molar-refractivity contribution in [3.05, 3.63) is 0 Å². The smallest absolute Gasteiger partial charge is 0.326 e. The Labute approximate surface area is 125 Å². The monoisotopic (exact) mass is 302 g/mol. The third kappa shape index (κ3) is 10.8. The van der Waals surface area contributed by atoms with Crippen molar-refractivity contribution in [3.63, 3.8) is 0 Å². The summed E-state index contributed by atoms with van der Waals surface area (Å²) >= 11 is 0. The number of hydrogen-bond acceptors (Lipinski definition) is 5. The Morgan fingerprint density at radius 2 is 1.62 bits per heavy atom. The van der Waals surface area contributed by atoms with Crippen molar-refractivity contribution in [1.82, 2.24) is 10.6 Å². The van der Waals surface area contributed by atoms with Crippen LogP contribution in [0, 0.1) is 0 Å². The maximum atomic E-state index is 11.7. The van der Waals surface area contributed by atoms with Crippen LogP contribution in [0.15, 0.2) is 0 Å². The number of hydrogen-bond donors (Lipinski definition) is 3. The fraction of sp³-hybridized carbons (Fsp3) is 0.786. The third-order valence-corrected chi connectivity index (χ3v) is 2.20. The third-order valence-electron chi connectivity index (χ3n) is 2.20.